The van der Waals surface area contributed by atoms with Crippen molar-refractivity contribution >= 4 is 5.82 Å². The van der Waals surface area contributed by atoms with Gasteiger partial charge in [0.15, 0.2) is 0 Å². The molecule has 3 rings (SSSR count). The van der Waals surface area contributed by atoms with Crippen molar-refractivity contribution in [3.63, 3.8) is 0 Å². The molecule has 3 heteroatoms. The first-order chi connectivity index (χ1) is 8.33. The van der Waals surface area contributed by atoms with E-state index in [0.717, 1.165) is 24.6 Å². The van der Waals surface area contributed by atoms with E-state index in [0.29, 0.717) is 6.04 Å². The molecule has 0 bridgehead atoms. The third-order valence-electron chi connectivity index (χ3n) is 4.09. The Morgan fingerprint density at radius 2 is 1.94 bits per heavy atom. The number of hydrogen-bond donors (Lipinski definition) is 1. The molecule has 0 unspecified atom stereocenters. The van der Waals surface area contributed by atoms with E-state index in [2.05, 4.69) is 22.2 Å². The van der Waals surface area contributed by atoms with Crippen molar-refractivity contribution in [3.05, 3.63) is 17.6 Å². The van der Waals surface area contributed by atoms with Gasteiger partial charge in [-0.3, -0.25) is 0 Å². The maximum absolute atomic E-state index is 4.46. The Morgan fingerprint density at radius 1 is 1.12 bits per heavy atom. The maximum atomic E-state index is 4.46. The lowest BCUT2D eigenvalue weighted by Gasteiger charge is -2.34. The normalized spacial score (nSPS) is 27.8. The van der Waals surface area contributed by atoms with Gasteiger partial charge >= 0.3 is 0 Å². The minimum atomic E-state index is 0.646. The molecule has 17 heavy (non-hydrogen) atoms. The van der Waals surface area contributed by atoms with E-state index in [1.54, 1.807) is 6.33 Å². The fourth-order valence-electron chi connectivity index (χ4n) is 3.04. The van der Waals surface area contributed by atoms with Gasteiger partial charge in [-0.05, 0) is 44.4 Å². The molecule has 0 radical (unpaired) electrons. The van der Waals surface area contributed by atoms with Gasteiger partial charge in [-0.25, -0.2) is 9.97 Å². The number of anilines is 1. The number of hydrogen-bond acceptors (Lipinski definition) is 3. The van der Waals surface area contributed by atoms with Crippen LogP contribution in [0.2, 0.25) is 0 Å². The summed E-state index contributed by atoms with van der Waals surface area (Å²) in [5.74, 6) is 2.00. The summed E-state index contributed by atoms with van der Waals surface area (Å²) in [5, 5.41) is 3.61. The molecule has 2 aliphatic rings. The molecule has 1 saturated carbocycles. The molecule has 0 spiro atoms. The van der Waals surface area contributed by atoms with Crippen LogP contribution >= 0.6 is 0 Å². The molecule has 0 atom stereocenters. The second kappa shape index (κ2) is 4.63. The first-order valence-electron chi connectivity index (χ1n) is 6.92. The van der Waals surface area contributed by atoms with E-state index in [4.69, 9.17) is 0 Å². The Kier molecular flexibility index (Phi) is 3.00. The van der Waals surface area contributed by atoms with Gasteiger partial charge in [-0.1, -0.05) is 13.3 Å². The van der Waals surface area contributed by atoms with Crippen molar-refractivity contribution < 1.29 is 0 Å². The summed E-state index contributed by atoms with van der Waals surface area (Å²) in [7, 11) is 0. The van der Waals surface area contributed by atoms with Crippen LogP contribution in [0.5, 0.6) is 0 Å². The number of nitrogens with one attached hydrogen (secondary N) is 1. The molecule has 2 aliphatic carbocycles. The fourth-order valence-corrected chi connectivity index (χ4v) is 3.04. The lowest BCUT2D eigenvalue weighted by Crippen LogP contribution is -2.34. The number of aromatic nitrogens is 2. The molecule has 0 amide bonds. The minimum absolute atomic E-state index is 0.646. The number of fused-ring (bicyclic) bond motifs is 1. The number of aryl methyl sites for hydroxylation is 1. The Morgan fingerprint density at radius 3 is 2.76 bits per heavy atom. The largest absolute Gasteiger partial charge is 0.367 e. The highest BCUT2D eigenvalue weighted by atomic mass is 15.0. The zero-order valence-electron chi connectivity index (χ0n) is 10.6. The van der Waals surface area contributed by atoms with Crippen LogP contribution in [0.25, 0.3) is 0 Å². The Labute approximate surface area is 103 Å². The SMILES string of the molecule is CC1CC(Nc2ncnc3c2CCCCC3)C1. The third-order valence-corrected chi connectivity index (χ3v) is 4.09. The predicted octanol–water partition coefficient (Wildman–Crippen LogP) is 2.96. The van der Waals surface area contributed by atoms with Crippen molar-refractivity contribution in [2.75, 3.05) is 5.32 Å². The zero-order chi connectivity index (χ0) is 11.7. The van der Waals surface area contributed by atoms with Crippen LogP contribution in [-0.2, 0) is 12.8 Å². The maximum Gasteiger partial charge on any atom is 0.133 e. The van der Waals surface area contributed by atoms with E-state index in [1.807, 2.05) is 0 Å². The van der Waals surface area contributed by atoms with Gasteiger partial charge in [-0.15, -0.1) is 0 Å². The molecular weight excluding hydrogens is 210 g/mol. The van der Waals surface area contributed by atoms with Crippen molar-refractivity contribution in [2.24, 2.45) is 5.92 Å². The summed E-state index contributed by atoms with van der Waals surface area (Å²) in [6.07, 6.45) is 10.5. The molecule has 1 N–H and O–H groups in total. The lowest BCUT2D eigenvalue weighted by atomic mass is 9.82. The van der Waals surface area contributed by atoms with Crippen molar-refractivity contribution in [1.29, 1.82) is 0 Å². The average molecular weight is 231 g/mol. The summed E-state index contributed by atoms with van der Waals surface area (Å²) < 4.78 is 0. The second-order valence-corrected chi connectivity index (χ2v) is 5.63. The van der Waals surface area contributed by atoms with E-state index in [9.17, 15) is 0 Å². The monoisotopic (exact) mass is 231 g/mol. The molecule has 1 fully saturated rings. The van der Waals surface area contributed by atoms with E-state index in [1.165, 1.54) is 43.4 Å². The van der Waals surface area contributed by atoms with Gasteiger partial charge in [0.25, 0.3) is 0 Å². The molecule has 1 heterocycles. The average Bonchev–Trinajstić information content (AvgIpc) is 2.52. The summed E-state index contributed by atoms with van der Waals surface area (Å²) in [6.45, 7) is 2.32. The minimum Gasteiger partial charge on any atom is -0.367 e. The van der Waals surface area contributed by atoms with Crippen LogP contribution in [-0.4, -0.2) is 16.0 Å². The van der Waals surface area contributed by atoms with Crippen LogP contribution in [0.3, 0.4) is 0 Å². The van der Waals surface area contributed by atoms with Crippen LogP contribution in [0.15, 0.2) is 6.33 Å². The summed E-state index contributed by atoms with van der Waals surface area (Å²) in [5.41, 5.74) is 2.68. The molecule has 92 valence electrons. The van der Waals surface area contributed by atoms with Crippen molar-refractivity contribution in [3.8, 4) is 0 Å². The first-order valence-corrected chi connectivity index (χ1v) is 6.92. The number of nitrogens with zero attached hydrogens (tertiary/aromatic N) is 2. The Balaban J connectivity index is 1.79. The van der Waals surface area contributed by atoms with E-state index >= 15 is 0 Å². The van der Waals surface area contributed by atoms with Crippen LogP contribution in [0.1, 0.15) is 50.3 Å². The zero-order valence-corrected chi connectivity index (χ0v) is 10.6. The first kappa shape index (κ1) is 11.0. The summed E-state index contributed by atoms with van der Waals surface area (Å²) >= 11 is 0. The van der Waals surface area contributed by atoms with Gasteiger partial charge in [0, 0.05) is 17.3 Å². The Hall–Kier alpha value is -1.12. The van der Waals surface area contributed by atoms with Crippen molar-refractivity contribution in [1.82, 2.24) is 9.97 Å². The highest BCUT2D eigenvalue weighted by Crippen LogP contribution is 2.31. The van der Waals surface area contributed by atoms with Crippen LogP contribution in [0.4, 0.5) is 5.82 Å². The third kappa shape index (κ3) is 2.28. The highest BCUT2D eigenvalue weighted by Gasteiger charge is 2.26. The van der Waals surface area contributed by atoms with E-state index < -0.39 is 0 Å². The molecule has 1 aromatic rings. The fraction of sp³-hybridized carbons (Fsp3) is 0.714. The van der Waals surface area contributed by atoms with Gasteiger partial charge in [0.05, 0.1) is 0 Å². The summed E-state index contributed by atoms with van der Waals surface area (Å²) in [4.78, 5) is 8.91. The molecule has 1 aromatic heterocycles. The quantitative estimate of drug-likeness (QED) is 0.795. The standard InChI is InChI=1S/C14H21N3/c1-10-7-11(8-10)17-14-12-5-3-2-4-6-13(12)15-9-16-14/h9-11H,2-8H2,1H3,(H,15,16,17). The van der Waals surface area contributed by atoms with Gasteiger partial charge in [0.2, 0.25) is 0 Å². The highest BCUT2D eigenvalue weighted by molar-refractivity contribution is 5.47. The van der Waals surface area contributed by atoms with Gasteiger partial charge < -0.3 is 5.32 Å². The lowest BCUT2D eigenvalue weighted by molar-refractivity contribution is 0.308. The van der Waals surface area contributed by atoms with Gasteiger partial charge in [0.1, 0.15) is 12.1 Å². The van der Waals surface area contributed by atoms with E-state index in [-0.39, 0.29) is 0 Å². The van der Waals surface area contributed by atoms with Gasteiger partial charge in [-0.2, -0.15) is 0 Å². The van der Waals surface area contributed by atoms with Crippen LogP contribution < -0.4 is 5.32 Å². The molecule has 3 nitrogen and oxygen atoms in total. The molecule has 0 aromatic carbocycles. The predicted molar refractivity (Wildman–Crippen MR) is 69.1 cm³/mol. The Bertz CT molecular complexity index is 396. The summed E-state index contributed by atoms with van der Waals surface area (Å²) in [6, 6.07) is 0.646. The van der Waals surface area contributed by atoms with Crippen LogP contribution in [0, 0.1) is 5.92 Å². The second-order valence-electron chi connectivity index (χ2n) is 5.63. The molecular formula is C14H21N3. The molecule has 0 aliphatic heterocycles. The van der Waals surface area contributed by atoms with Crippen molar-refractivity contribution in [2.45, 2.75) is 57.9 Å². The topological polar surface area (TPSA) is 37.8 Å². The number of rotatable bonds is 2. The smallest absolute Gasteiger partial charge is 0.133 e. The molecule has 0 saturated heterocycles.